The Labute approximate surface area is 181 Å². The molecule has 0 aliphatic carbocycles. The molecule has 2 saturated heterocycles. The van der Waals surface area contributed by atoms with Gasteiger partial charge in [-0.3, -0.25) is 9.78 Å². The highest BCUT2D eigenvalue weighted by Gasteiger charge is 2.47. The molecule has 0 unspecified atom stereocenters. The van der Waals surface area contributed by atoms with Gasteiger partial charge in [-0.25, -0.2) is 4.79 Å². The van der Waals surface area contributed by atoms with Gasteiger partial charge in [0.25, 0.3) is 0 Å². The lowest BCUT2D eigenvalue weighted by Gasteiger charge is -2.23. The molecule has 0 saturated carbocycles. The van der Waals surface area contributed by atoms with Gasteiger partial charge in [0, 0.05) is 31.9 Å². The fourth-order valence-electron chi connectivity index (χ4n) is 3.62. The molecule has 8 nitrogen and oxygen atoms in total. The number of amides is 1. The second-order valence-corrected chi connectivity index (χ2v) is 7.62. The first-order chi connectivity index (χ1) is 15.2. The zero-order chi connectivity index (χ0) is 23.2. The maximum atomic E-state index is 12.4. The number of hydrogen-bond donors (Lipinski definition) is 1. The molecule has 1 spiro atoms. The molecular weight excluding hydrogens is 433 g/mol. The van der Waals surface area contributed by atoms with Gasteiger partial charge >= 0.3 is 12.1 Å². The number of ether oxygens (including phenoxy) is 2. The summed E-state index contributed by atoms with van der Waals surface area (Å²) in [5, 5.41) is 7.12. The number of rotatable bonds is 5. The average Bonchev–Trinajstić information content (AvgIpc) is 3.50. The van der Waals surface area contributed by atoms with Crippen molar-refractivity contribution >= 4 is 11.9 Å². The highest BCUT2D eigenvalue weighted by Crippen LogP contribution is 2.36. The van der Waals surface area contributed by atoms with Crippen LogP contribution in [-0.4, -0.2) is 64.4 Å². The lowest BCUT2D eigenvalue weighted by Crippen LogP contribution is -2.36. The minimum Gasteiger partial charge on any atom is -0.475 e. The summed E-state index contributed by atoms with van der Waals surface area (Å²) in [5.74, 6) is -1.96. The first-order valence-corrected chi connectivity index (χ1v) is 9.92. The molecule has 4 heterocycles. The first-order valence-electron chi connectivity index (χ1n) is 9.92. The Morgan fingerprint density at radius 1 is 1.31 bits per heavy atom. The summed E-state index contributed by atoms with van der Waals surface area (Å²) in [6, 6.07) is 7.55. The molecule has 174 valence electrons. The third-order valence-electron chi connectivity index (χ3n) is 5.20. The Hall–Kier alpha value is -2.92. The van der Waals surface area contributed by atoms with E-state index in [1.807, 2.05) is 29.3 Å². The number of alkyl halides is 3. The van der Waals surface area contributed by atoms with Crippen LogP contribution in [0.1, 0.15) is 24.2 Å². The van der Waals surface area contributed by atoms with Crippen molar-refractivity contribution in [3.8, 4) is 0 Å². The van der Waals surface area contributed by atoms with E-state index in [0.717, 1.165) is 24.9 Å². The lowest BCUT2D eigenvalue weighted by molar-refractivity contribution is -0.192. The van der Waals surface area contributed by atoms with Crippen molar-refractivity contribution in [1.82, 2.24) is 9.88 Å². The molecule has 2 atom stereocenters. The molecule has 11 heteroatoms. The Bertz CT molecular complexity index is 891. The van der Waals surface area contributed by atoms with Crippen LogP contribution in [0.15, 0.2) is 47.3 Å². The maximum Gasteiger partial charge on any atom is 0.490 e. The van der Waals surface area contributed by atoms with E-state index in [9.17, 15) is 18.0 Å². The highest BCUT2D eigenvalue weighted by atomic mass is 19.4. The summed E-state index contributed by atoms with van der Waals surface area (Å²) in [7, 11) is 0. The molecule has 2 aliphatic rings. The van der Waals surface area contributed by atoms with Crippen LogP contribution >= 0.6 is 0 Å². The number of nitrogens with zero attached hydrogens (tertiary/aromatic N) is 2. The van der Waals surface area contributed by atoms with Crippen LogP contribution in [-0.2, 0) is 32.1 Å². The molecular formula is C21H23F3N2O6. The predicted octanol–water partition coefficient (Wildman–Crippen LogP) is 2.83. The molecule has 1 amide bonds. The average molecular weight is 456 g/mol. The SMILES string of the molecule is O=C(Cc1ccco1)N1CC[C@]2(C[C@@H](OCc3cccnc3)CO2)C1.O=C(O)C(F)(F)F. The second-order valence-electron chi connectivity index (χ2n) is 7.62. The molecule has 0 bridgehead atoms. The Kier molecular flexibility index (Phi) is 7.52. The fourth-order valence-corrected chi connectivity index (χ4v) is 3.62. The van der Waals surface area contributed by atoms with Crippen LogP contribution in [0.2, 0.25) is 0 Å². The molecule has 2 fully saturated rings. The summed E-state index contributed by atoms with van der Waals surface area (Å²) >= 11 is 0. The van der Waals surface area contributed by atoms with Gasteiger partial charge < -0.3 is 23.9 Å². The summed E-state index contributed by atoms with van der Waals surface area (Å²) in [5.41, 5.74) is 0.809. The summed E-state index contributed by atoms with van der Waals surface area (Å²) in [4.78, 5) is 27.3. The van der Waals surface area contributed by atoms with Crippen molar-refractivity contribution < 1.29 is 41.8 Å². The van der Waals surface area contributed by atoms with Gasteiger partial charge in [0.1, 0.15) is 5.76 Å². The largest absolute Gasteiger partial charge is 0.490 e. The molecule has 32 heavy (non-hydrogen) atoms. The summed E-state index contributed by atoms with van der Waals surface area (Å²) < 4.78 is 49.0. The van der Waals surface area contributed by atoms with Crippen molar-refractivity contribution in [3.05, 3.63) is 54.2 Å². The number of carboxylic acids is 1. The number of aromatic nitrogens is 1. The van der Waals surface area contributed by atoms with Gasteiger partial charge in [-0.05, 0) is 30.2 Å². The number of halogens is 3. The quantitative estimate of drug-likeness (QED) is 0.738. The molecule has 0 radical (unpaired) electrons. The number of likely N-dealkylation sites (tertiary alicyclic amines) is 1. The Morgan fingerprint density at radius 2 is 2.09 bits per heavy atom. The highest BCUT2D eigenvalue weighted by molar-refractivity contribution is 5.78. The topological polar surface area (TPSA) is 102 Å². The van der Waals surface area contributed by atoms with E-state index < -0.39 is 12.1 Å². The number of aliphatic carboxylic acids is 1. The van der Waals surface area contributed by atoms with Gasteiger partial charge in [-0.2, -0.15) is 13.2 Å². The third-order valence-corrected chi connectivity index (χ3v) is 5.20. The van der Waals surface area contributed by atoms with E-state index in [1.54, 1.807) is 18.5 Å². The number of hydrogen-bond acceptors (Lipinski definition) is 6. The normalized spacial score (nSPS) is 22.6. The van der Waals surface area contributed by atoms with Crippen molar-refractivity contribution in [2.45, 2.75) is 43.8 Å². The third kappa shape index (κ3) is 6.54. The Balaban J connectivity index is 0.000000360. The standard InChI is InChI=1S/C19H22N2O4.C2HF3O2/c22-18(9-16-4-2-8-23-16)21-7-5-19(14-21)10-17(13-25-19)24-12-15-3-1-6-20-11-15;3-2(4,5)1(6)7/h1-4,6,8,11,17H,5,7,9-10,12-14H2;(H,6,7)/t17-,19+;/m1./s1. The van der Waals surface area contributed by atoms with E-state index in [4.69, 9.17) is 23.8 Å². The molecule has 1 N–H and O–H groups in total. The van der Waals surface area contributed by atoms with E-state index in [2.05, 4.69) is 4.98 Å². The number of furan rings is 1. The smallest absolute Gasteiger partial charge is 0.475 e. The minimum absolute atomic E-state index is 0.0698. The maximum absolute atomic E-state index is 12.4. The molecule has 2 aromatic heterocycles. The van der Waals surface area contributed by atoms with Crippen LogP contribution in [0.5, 0.6) is 0 Å². The summed E-state index contributed by atoms with van der Waals surface area (Å²) in [6.45, 7) is 2.49. The molecule has 4 rings (SSSR count). The number of pyridine rings is 1. The first kappa shape index (κ1) is 23.7. The van der Waals surface area contributed by atoms with Crippen LogP contribution in [0.25, 0.3) is 0 Å². The monoisotopic (exact) mass is 456 g/mol. The predicted molar refractivity (Wildman–Crippen MR) is 103 cm³/mol. The second kappa shape index (κ2) is 10.1. The van der Waals surface area contributed by atoms with E-state index in [1.165, 1.54) is 0 Å². The summed E-state index contributed by atoms with van der Waals surface area (Å²) in [6.07, 6.45) is 2.16. The van der Waals surface area contributed by atoms with Crippen LogP contribution in [0.3, 0.4) is 0 Å². The lowest BCUT2D eigenvalue weighted by atomic mass is 9.98. The van der Waals surface area contributed by atoms with Crippen molar-refractivity contribution in [2.75, 3.05) is 19.7 Å². The van der Waals surface area contributed by atoms with E-state index in [0.29, 0.717) is 31.9 Å². The van der Waals surface area contributed by atoms with Crippen molar-refractivity contribution in [1.29, 1.82) is 0 Å². The zero-order valence-corrected chi connectivity index (χ0v) is 17.1. The van der Waals surface area contributed by atoms with Gasteiger partial charge in [-0.15, -0.1) is 0 Å². The van der Waals surface area contributed by atoms with Gasteiger partial charge in [0.05, 0.1) is 37.6 Å². The van der Waals surface area contributed by atoms with E-state index in [-0.39, 0.29) is 17.6 Å². The number of carbonyl (C=O) groups excluding carboxylic acids is 1. The van der Waals surface area contributed by atoms with Gasteiger partial charge in [0.15, 0.2) is 0 Å². The van der Waals surface area contributed by atoms with Crippen molar-refractivity contribution in [3.63, 3.8) is 0 Å². The van der Waals surface area contributed by atoms with Gasteiger partial charge in [-0.1, -0.05) is 6.07 Å². The van der Waals surface area contributed by atoms with Gasteiger partial charge in [0.2, 0.25) is 5.91 Å². The number of carboxylic acid groups (broad SMARTS) is 1. The van der Waals surface area contributed by atoms with Crippen LogP contribution in [0.4, 0.5) is 13.2 Å². The number of carbonyl (C=O) groups is 2. The van der Waals surface area contributed by atoms with Crippen LogP contribution < -0.4 is 0 Å². The van der Waals surface area contributed by atoms with E-state index >= 15 is 0 Å². The minimum atomic E-state index is -5.08. The molecule has 0 aromatic carbocycles. The van der Waals surface area contributed by atoms with Crippen LogP contribution in [0, 0.1) is 0 Å². The molecule has 2 aromatic rings. The zero-order valence-electron chi connectivity index (χ0n) is 17.1. The van der Waals surface area contributed by atoms with Crippen molar-refractivity contribution in [2.24, 2.45) is 0 Å². The Morgan fingerprint density at radius 3 is 2.72 bits per heavy atom. The fraction of sp³-hybridized carbons (Fsp3) is 0.476. The molecule has 2 aliphatic heterocycles.